The lowest BCUT2D eigenvalue weighted by Gasteiger charge is -2.26. The summed E-state index contributed by atoms with van der Waals surface area (Å²) in [5, 5.41) is 2.07. The molecule has 2 atom stereocenters. The van der Waals surface area contributed by atoms with Crippen LogP contribution in [-0.2, 0) is 16.1 Å². The third-order valence-corrected chi connectivity index (χ3v) is 6.44. The molecule has 2 aliphatic heterocycles. The van der Waals surface area contributed by atoms with Crippen LogP contribution >= 0.6 is 11.3 Å². The molecule has 1 aromatic heterocycles. The summed E-state index contributed by atoms with van der Waals surface area (Å²) in [6.07, 6.45) is 2.42. The Balaban J connectivity index is 1.43. The first-order valence-electron chi connectivity index (χ1n) is 9.29. The number of nitrogens with zero attached hydrogens (tertiary/aromatic N) is 2. The quantitative estimate of drug-likeness (QED) is 0.824. The fraction of sp³-hybridized carbons (Fsp3) is 0.429. The van der Waals surface area contributed by atoms with Gasteiger partial charge in [-0.3, -0.25) is 9.59 Å². The minimum Gasteiger partial charge on any atom is -0.338 e. The van der Waals surface area contributed by atoms with Crippen molar-refractivity contribution >= 4 is 23.2 Å². The molecule has 0 saturated carbocycles. The Morgan fingerprint density at radius 1 is 1.23 bits per heavy atom. The molecule has 4 nitrogen and oxygen atoms in total. The molecular weight excluding hydrogens is 344 g/mol. The molecule has 2 aliphatic rings. The number of rotatable bonds is 4. The van der Waals surface area contributed by atoms with Gasteiger partial charge in [-0.25, -0.2) is 0 Å². The Morgan fingerprint density at radius 3 is 2.77 bits per heavy atom. The Hall–Kier alpha value is -2.14. The molecule has 0 spiro atoms. The summed E-state index contributed by atoms with van der Waals surface area (Å²) in [5.74, 6) is 0.0463. The molecule has 3 heterocycles. The standard InChI is InChI=1S/C21H24N2O2S/c1-15-6-8-16(9-7-15)13-22-14-17(12-20(22)24)21(25)23-10-2-4-18(23)19-5-3-11-26-19/h3,5-9,11,17-18H,2,4,10,12-14H2,1H3. The predicted octanol–water partition coefficient (Wildman–Crippen LogP) is 3.77. The summed E-state index contributed by atoms with van der Waals surface area (Å²) in [6, 6.07) is 12.6. The SMILES string of the molecule is Cc1ccc(CN2CC(C(=O)N3CCCC3c3cccs3)CC2=O)cc1. The second-order valence-electron chi connectivity index (χ2n) is 7.37. The predicted molar refractivity (Wildman–Crippen MR) is 103 cm³/mol. The molecule has 5 heteroatoms. The van der Waals surface area contributed by atoms with E-state index in [0.717, 1.165) is 24.9 Å². The number of likely N-dealkylation sites (tertiary alicyclic amines) is 2. The number of thiophene rings is 1. The van der Waals surface area contributed by atoms with Crippen molar-refractivity contribution in [3.8, 4) is 0 Å². The van der Waals surface area contributed by atoms with Crippen LogP contribution in [0.2, 0.25) is 0 Å². The van der Waals surface area contributed by atoms with Gasteiger partial charge < -0.3 is 9.80 Å². The lowest BCUT2D eigenvalue weighted by atomic mass is 10.1. The van der Waals surface area contributed by atoms with Gasteiger partial charge in [0, 0.05) is 30.9 Å². The van der Waals surface area contributed by atoms with Crippen LogP contribution in [0.4, 0.5) is 0 Å². The Bertz CT molecular complexity index is 785. The molecule has 2 unspecified atom stereocenters. The van der Waals surface area contributed by atoms with Gasteiger partial charge in [0.1, 0.15) is 0 Å². The van der Waals surface area contributed by atoms with Crippen LogP contribution in [0.3, 0.4) is 0 Å². The minimum absolute atomic E-state index is 0.0933. The van der Waals surface area contributed by atoms with Crippen LogP contribution in [0.15, 0.2) is 41.8 Å². The maximum absolute atomic E-state index is 13.1. The molecule has 0 aliphatic carbocycles. The number of hydrogen-bond acceptors (Lipinski definition) is 3. The van der Waals surface area contributed by atoms with Crippen LogP contribution < -0.4 is 0 Å². The van der Waals surface area contributed by atoms with E-state index in [1.54, 1.807) is 11.3 Å². The summed E-state index contributed by atoms with van der Waals surface area (Å²) in [6.45, 7) is 4.00. The summed E-state index contributed by atoms with van der Waals surface area (Å²) < 4.78 is 0. The van der Waals surface area contributed by atoms with E-state index >= 15 is 0 Å². The zero-order valence-electron chi connectivity index (χ0n) is 15.1. The van der Waals surface area contributed by atoms with E-state index < -0.39 is 0 Å². The first-order valence-corrected chi connectivity index (χ1v) is 10.2. The highest BCUT2D eigenvalue weighted by molar-refractivity contribution is 7.10. The lowest BCUT2D eigenvalue weighted by Crippen LogP contribution is -2.36. The van der Waals surface area contributed by atoms with Crippen LogP contribution in [-0.4, -0.2) is 34.7 Å². The van der Waals surface area contributed by atoms with Crippen LogP contribution in [0.5, 0.6) is 0 Å². The van der Waals surface area contributed by atoms with Crippen molar-refractivity contribution in [1.82, 2.24) is 9.80 Å². The van der Waals surface area contributed by atoms with Crippen molar-refractivity contribution in [3.05, 3.63) is 57.8 Å². The monoisotopic (exact) mass is 368 g/mol. The van der Waals surface area contributed by atoms with Crippen molar-refractivity contribution in [3.63, 3.8) is 0 Å². The number of benzene rings is 1. The highest BCUT2D eigenvalue weighted by Crippen LogP contribution is 2.36. The molecule has 2 saturated heterocycles. The molecule has 2 aromatic rings. The van der Waals surface area contributed by atoms with Gasteiger partial charge in [0.15, 0.2) is 0 Å². The Kier molecular flexibility index (Phi) is 4.81. The highest BCUT2D eigenvalue weighted by atomic mass is 32.1. The van der Waals surface area contributed by atoms with Crippen molar-refractivity contribution in [2.45, 2.75) is 38.8 Å². The smallest absolute Gasteiger partial charge is 0.228 e. The van der Waals surface area contributed by atoms with Crippen molar-refractivity contribution in [2.24, 2.45) is 5.92 Å². The number of amides is 2. The van der Waals surface area contributed by atoms with E-state index in [2.05, 4.69) is 42.6 Å². The highest BCUT2D eigenvalue weighted by Gasteiger charge is 2.40. The number of aryl methyl sites for hydroxylation is 1. The van der Waals surface area contributed by atoms with Crippen molar-refractivity contribution in [2.75, 3.05) is 13.1 Å². The first-order chi connectivity index (χ1) is 12.6. The van der Waals surface area contributed by atoms with Gasteiger partial charge in [0.25, 0.3) is 0 Å². The maximum atomic E-state index is 13.1. The molecule has 4 rings (SSSR count). The zero-order valence-corrected chi connectivity index (χ0v) is 15.9. The third-order valence-electron chi connectivity index (χ3n) is 5.47. The van der Waals surface area contributed by atoms with Gasteiger partial charge in [0.2, 0.25) is 11.8 Å². The van der Waals surface area contributed by atoms with E-state index in [1.807, 2.05) is 15.9 Å². The summed E-state index contributed by atoms with van der Waals surface area (Å²) in [7, 11) is 0. The fourth-order valence-electron chi connectivity index (χ4n) is 4.05. The maximum Gasteiger partial charge on any atom is 0.228 e. The summed E-state index contributed by atoms with van der Waals surface area (Å²) >= 11 is 1.72. The second-order valence-corrected chi connectivity index (χ2v) is 8.35. The summed E-state index contributed by atoms with van der Waals surface area (Å²) in [4.78, 5) is 30.6. The zero-order chi connectivity index (χ0) is 18.1. The number of hydrogen-bond donors (Lipinski definition) is 0. The second kappa shape index (κ2) is 7.23. The minimum atomic E-state index is -0.200. The largest absolute Gasteiger partial charge is 0.338 e. The average Bonchev–Trinajstić information content (AvgIpc) is 3.37. The Labute approximate surface area is 158 Å². The fourth-order valence-corrected chi connectivity index (χ4v) is 4.92. The number of carbonyl (C=O) groups excluding carboxylic acids is 2. The van der Waals surface area contributed by atoms with Gasteiger partial charge in [-0.1, -0.05) is 35.9 Å². The average molecular weight is 369 g/mol. The van der Waals surface area contributed by atoms with Crippen molar-refractivity contribution in [1.29, 1.82) is 0 Å². The molecule has 1 aromatic carbocycles. The van der Waals surface area contributed by atoms with Gasteiger partial charge in [-0.2, -0.15) is 0 Å². The van der Waals surface area contributed by atoms with Crippen molar-refractivity contribution < 1.29 is 9.59 Å². The van der Waals surface area contributed by atoms with Gasteiger partial charge in [-0.05, 0) is 36.8 Å². The van der Waals surface area contributed by atoms with Gasteiger partial charge in [-0.15, -0.1) is 11.3 Å². The van der Waals surface area contributed by atoms with E-state index in [1.165, 1.54) is 10.4 Å². The normalized spacial score (nSPS) is 23.0. The van der Waals surface area contributed by atoms with E-state index in [0.29, 0.717) is 19.5 Å². The van der Waals surface area contributed by atoms with E-state index in [9.17, 15) is 9.59 Å². The Morgan fingerprint density at radius 2 is 2.04 bits per heavy atom. The van der Waals surface area contributed by atoms with Gasteiger partial charge >= 0.3 is 0 Å². The van der Waals surface area contributed by atoms with Crippen LogP contribution in [0, 0.1) is 12.8 Å². The topological polar surface area (TPSA) is 40.6 Å². The van der Waals surface area contributed by atoms with Gasteiger partial charge in [0.05, 0.1) is 12.0 Å². The van der Waals surface area contributed by atoms with Crippen LogP contribution in [0.25, 0.3) is 0 Å². The van der Waals surface area contributed by atoms with E-state index in [4.69, 9.17) is 0 Å². The molecule has 2 amide bonds. The molecule has 2 fully saturated rings. The molecule has 26 heavy (non-hydrogen) atoms. The molecular formula is C21H24N2O2S. The molecule has 0 bridgehead atoms. The summed E-state index contributed by atoms with van der Waals surface area (Å²) in [5.41, 5.74) is 2.33. The van der Waals surface area contributed by atoms with Crippen LogP contribution in [0.1, 0.15) is 41.3 Å². The van der Waals surface area contributed by atoms with E-state index in [-0.39, 0.29) is 23.8 Å². The molecule has 0 radical (unpaired) electrons. The number of carbonyl (C=O) groups is 2. The molecule has 136 valence electrons. The molecule has 0 N–H and O–H groups in total. The first kappa shape index (κ1) is 17.3. The third kappa shape index (κ3) is 3.40. The lowest BCUT2D eigenvalue weighted by molar-refractivity contribution is -0.136.